The molecule has 0 saturated heterocycles. The number of amides is 1. The molecule has 0 spiro atoms. The third-order valence-electron chi connectivity index (χ3n) is 6.86. The molecular weight excluding hydrogens is 621 g/mol. The van der Waals surface area contributed by atoms with E-state index in [9.17, 15) is 24.8 Å². The van der Waals surface area contributed by atoms with Gasteiger partial charge in [-0.25, -0.2) is 23.8 Å². The van der Waals surface area contributed by atoms with Crippen LogP contribution in [0, 0.1) is 17.1 Å². The molecule has 16 heteroatoms. The first-order valence-electron chi connectivity index (χ1n) is 14.0. The number of nitriles is 1. The van der Waals surface area contributed by atoms with Crippen molar-refractivity contribution in [2.24, 2.45) is 0 Å². The molecule has 0 radical (unpaired) electrons. The summed E-state index contributed by atoms with van der Waals surface area (Å²) in [7, 11) is 1.43. The quantitative estimate of drug-likeness (QED) is 0.202. The topological polar surface area (TPSA) is 193 Å². The van der Waals surface area contributed by atoms with Gasteiger partial charge in [-0.1, -0.05) is 0 Å². The second-order valence-corrected chi connectivity index (χ2v) is 12.1. The molecule has 0 fully saturated rings. The van der Waals surface area contributed by atoms with Gasteiger partial charge in [-0.3, -0.25) is 4.98 Å². The molecule has 14 nitrogen and oxygen atoms in total. The molecule has 1 amide bonds. The zero-order valence-electron chi connectivity index (χ0n) is 25.3. The summed E-state index contributed by atoms with van der Waals surface area (Å²) in [6.07, 6.45) is 0.274. The number of carboxylic acid groups (broad SMARTS) is 1. The molecular formula is C30H30FN7O7S. The largest absolute Gasteiger partial charge is 0.493 e. The number of nitrogens with one attached hydrogen (secondary N) is 3. The molecule has 1 aliphatic heterocycles. The van der Waals surface area contributed by atoms with Gasteiger partial charge in [-0.2, -0.15) is 9.94 Å². The van der Waals surface area contributed by atoms with E-state index in [1.807, 2.05) is 0 Å². The van der Waals surface area contributed by atoms with Crippen LogP contribution in [0.25, 0.3) is 5.82 Å². The Hall–Kier alpha value is -5.43. The number of rotatable bonds is 9. The van der Waals surface area contributed by atoms with Gasteiger partial charge in [-0.05, 0) is 63.4 Å². The van der Waals surface area contributed by atoms with Crippen LogP contribution in [-0.2, 0) is 17.7 Å². The number of hydrogen-bond donors (Lipinski definition) is 4. The highest BCUT2D eigenvalue weighted by Gasteiger charge is 2.31. The maximum Gasteiger partial charge on any atom is 0.407 e. The van der Waals surface area contributed by atoms with Gasteiger partial charge < -0.3 is 30.0 Å². The number of H-pyrrole nitrogens is 1. The fourth-order valence-corrected chi connectivity index (χ4v) is 5.49. The highest BCUT2D eigenvalue weighted by atomic mass is 32.1. The number of alkyl carbamates (subject to hydrolysis) is 1. The Morgan fingerprint density at radius 3 is 2.80 bits per heavy atom. The Balaban J connectivity index is 1.59. The maximum absolute atomic E-state index is 16.3. The lowest BCUT2D eigenvalue weighted by Crippen LogP contribution is -2.32. The highest BCUT2D eigenvalue weighted by molar-refractivity contribution is 7.12. The Morgan fingerprint density at radius 2 is 2.11 bits per heavy atom. The molecule has 1 unspecified atom stereocenters. The van der Waals surface area contributed by atoms with Crippen molar-refractivity contribution >= 4 is 29.1 Å². The zero-order valence-corrected chi connectivity index (χ0v) is 26.1. The van der Waals surface area contributed by atoms with E-state index < -0.39 is 35.2 Å². The fourth-order valence-electron chi connectivity index (χ4n) is 4.89. The summed E-state index contributed by atoms with van der Waals surface area (Å²) in [6.45, 7) is 5.51. The van der Waals surface area contributed by atoms with Crippen LogP contribution in [0.3, 0.4) is 0 Å². The summed E-state index contributed by atoms with van der Waals surface area (Å²) in [5.74, 6) is -1.60. The van der Waals surface area contributed by atoms with E-state index in [0.717, 1.165) is 16.0 Å². The Morgan fingerprint density at radius 1 is 1.33 bits per heavy atom. The van der Waals surface area contributed by atoms with E-state index in [1.165, 1.54) is 24.8 Å². The maximum atomic E-state index is 16.3. The van der Waals surface area contributed by atoms with Crippen LogP contribution in [0.15, 0.2) is 34.6 Å². The lowest BCUT2D eigenvalue weighted by Gasteiger charge is -2.25. The predicted molar refractivity (Wildman–Crippen MR) is 163 cm³/mol. The molecule has 4 aromatic rings. The first-order chi connectivity index (χ1) is 21.9. The second kappa shape index (κ2) is 12.9. The van der Waals surface area contributed by atoms with E-state index in [-0.39, 0.29) is 45.7 Å². The van der Waals surface area contributed by atoms with Gasteiger partial charge in [0, 0.05) is 23.4 Å². The highest BCUT2D eigenvalue weighted by Crippen LogP contribution is 2.41. The third kappa shape index (κ3) is 6.64. The number of aromatic nitrogens is 4. The van der Waals surface area contributed by atoms with Crippen molar-refractivity contribution < 1.29 is 33.3 Å². The van der Waals surface area contributed by atoms with Crippen LogP contribution in [0.4, 0.5) is 14.9 Å². The van der Waals surface area contributed by atoms with Gasteiger partial charge in [-0.15, -0.1) is 16.4 Å². The smallest absolute Gasteiger partial charge is 0.407 e. The van der Waals surface area contributed by atoms with Crippen molar-refractivity contribution in [3.63, 3.8) is 0 Å². The van der Waals surface area contributed by atoms with Crippen molar-refractivity contribution in [1.82, 2.24) is 25.1 Å². The Labute approximate surface area is 265 Å². The molecule has 1 atom stereocenters. The molecule has 0 aliphatic carbocycles. The van der Waals surface area contributed by atoms with Crippen molar-refractivity contribution in [2.45, 2.75) is 51.8 Å². The number of ether oxygens (including phenoxy) is 3. The van der Waals surface area contributed by atoms with Crippen LogP contribution in [-0.4, -0.2) is 56.2 Å². The molecule has 4 N–H and O–H groups in total. The molecule has 0 bridgehead atoms. The molecule has 46 heavy (non-hydrogen) atoms. The van der Waals surface area contributed by atoms with Gasteiger partial charge >= 0.3 is 17.8 Å². The van der Waals surface area contributed by atoms with E-state index in [0.29, 0.717) is 36.3 Å². The van der Waals surface area contributed by atoms with Gasteiger partial charge in [0.15, 0.2) is 28.0 Å². The molecule has 0 saturated carbocycles. The average Bonchev–Trinajstić information content (AvgIpc) is 3.65. The van der Waals surface area contributed by atoms with Crippen molar-refractivity contribution in [3.05, 3.63) is 79.0 Å². The normalized spacial score (nSPS) is 13.1. The lowest BCUT2D eigenvalue weighted by atomic mass is 9.96. The Kier molecular flexibility index (Phi) is 8.96. The van der Waals surface area contributed by atoms with E-state index in [4.69, 9.17) is 14.2 Å². The number of methoxy groups -OCH3 is 1. The molecule has 1 aliphatic rings. The number of anilines is 1. The fraction of sp³-hybridized carbons (Fsp3) is 0.333. The van der Waals surface area contributed by atoms with Crippen molar-refractivity contribution in [1.29, 1.82) is 5.26 Å². The van der Waals surface area contributed by atoms with E-state index in [2.05, 4.69) is 31.8 Å². The second-order valence-electron chi connectivity index (χ2n) is 11.2. The number of carboxylic acids is 1. The first kappa shape index (κ1) is 32.0. The number of thiazole rings is 1. The summed E-state index contributed by atoms with van der Waals surface area (Å²) in [6, 6.07) is 7.06. The summed E-state index contributed by atoms with van der Waals surface area (Å²) in [4.78, 5) is 43.5. The summed E-state index contributed by atoms with van der Waals surface area (Å²) >= 11 is 0.820. The minimum absolute atomic E-state index is 0.0520. The van der Waals surface area contributed by atoms with Crippen LogP contribution >= 0.6 is 11.3 Å². The van der Waals surface area contributed by atoms with Crippen LogP contribution in [0.2, 0.25) is 0 Å². The number of aromatic amines is 1. The number of carbonyl (C=O) groups excluding carboxylic acids is 1. The third-order valence-corrected chi connectivity index (χ3v) is 7.67. The Bertz CT molecular complexity index is 1900. The monoisotopic (exact) mass is 651 g/mol. The first-order valence-corrected chi connectivity index (χ1v) is 14.9. The number of halogens is 1. The summed E-state index contributed by atoms with van der Waals surface area (Å²) in [5.41, 5.74) is 1.18. The van der Waals surface area contributed by atoms with Crippen LogP contribution < -0.4 is 25.8 Å². The molecule has 3 heterocycles. The summed E-state index contributed by atoms with van der Waals surface area (Å²) < 4.78 is 33.6. The SMILES string of the molecule is COc1cc(C(Nc2ccc(C#N)c(CNC(=O)OC(C)(C)C)c2)c2nn(-c3ncsc3C(=O)O)c(=O)[nH]2)c(F)c2c1OCCC2. The average molecular weight is 652 g/mol. The number of carbonyl (C=O) groups is 2. The van der Waals surface area contributed by atoms with Gasteiger partial charge in [0.1, 0.15) is 17.5 Å². The minimum atomic E-state index is -1.29. The van der Waals surface area contributed by atoms with Gasteiger partial charge in [0.2, 0.25) is 0 Å². The van der Waals surface area contributed by atoms with Crippen LogP contribution in [0.5, 0.6) is 11.5 Å². The minimum Gasteiger partial charge on any atom is -0.493 e. The number of benzene rings is 2. The predicted octanol–water partition coefficient (Wildman–Crippen LogP) is 4.29. The number of nitrogens with zero attached hydrogens (tertiary/aromatic N) is 4. The van der Waals surface area contributed by atoms with Crippen LogP contribution in [0.1, 0.15) is 71.0 Å². The molecule has 5 rings (SSSR count). The number of hydrogen-bond acceptors (Lipinski definition) is 11. The van der Waals surface area contributed by atoms with E-state index >= 15 is 4.39 Å². The number of aromatic carboxylic acids is 1. The number of fused-ring (bicyclic) bond motifs is 1. The zero-order chi connectivity index (χ0) is 33.2. The van der Waals surface area contributed by atoms with Crippen molar-refractivity contribution in [2.75, 3.05) is 19.0 Å². The van der Waals surface area contributed by atoms with Gasteiger partial charge in [0.05, 0.1) is 30.9 Å². The molecule has 2 aromatic carbocycles. The standard InChI is InChI=1S/C30H30FN7O7S/c1-30(2,3)45-29(42)33-13-16-10-17(8-7-15(16)12-32)35-22(19-11-20(43-4)23-18(21(19)31)6-5-9-44-23)25-36-28(41)38(37-25)26-24(27(39)40)46-14-34-26/h7-8,10-11,14,22,35H,5-6,9,13H2,1-4H3,(H,33,42)(H,39,40)(H,36,37,41). The van der Waals surface area contributed by atoms with E-state index in [1.54, 1.807) is 32.9 Å². The van der Waals surface area contributed by atoms with Gasteiger partial charge in [0.25, 0.3) is 0 Å². The molecule has 2 aromatic heterocycles. The van der Waals surface area contributed by atoms with Crippen molar-refractivity contribution in [3.8, 4) is 23.4 Å². The molecule has 240 valence electrons. The summed E-state index contributed by atoms with van der Waals surface area (Å²) in [5, 5.41) is 29.4. The lowest BCUT2D eigenvalue weighted by molar-refractivity contribution is 0.0523.